The van der Waals surface area contributed by atoms with Crippen LogP contribution < -0.4 is 16.2 Å². The molecule has 9 heteroatoms. The summed E-state index contributed by atoms with van der Waals surface area (Å²) in [4.78, 5) is 32.2. The molecular weight excluding hydrogens is 500 g/mol. The number of aryl methyl sites for hydroxylation is 3. The van der Waals surface area contributed by atoms with Crippen LogP contribution in [0.2, 0.25) is 5.02 Å². The van der Waals surface area contributed by atoms with Crippen molar-refractivity contribution in [2.24, 2.45) is 7.05 Å². The van der Waals surface area contributed by atoms with E-state index in [4.69, 9.17) is 11.6 Å². The van der Waals surface area contributed by atoms with E-state index in [2.05, 4.69) is 15.6 Å². The summed E-state index contributed by atoms with van der Waals surface area (Å²) in [5.41, 5.74) is 4.34. The largest absolute Gasteiger partial charge is 0.323 e. The summed E-state index contributed by atoms with van der Waals surface area (Å²) in [5, 5.41) is 7.77. The predicted molar refractivity (Wildman–Crippen MR) is 150 cm³/mol. The van der Waals surface area contributed by atoms with Gasteiger partial charge in [-0.15, -0.1) is 23.5 Å². The maximum Gasteiger partial charge on any atom is 0.323 e. The minimum Gasteiger partial charge on any atom is -0.310 e. The Morgan fingerprint density at radius 2 is 1.71 bits per heavy atom. The standard InChI is InChI=1S/C26H25ClN4O2S2/c1-14-10-11-19-17(12-14)21(16-8-6-7-9-18(16)27)23(25(32)31(19)3)30-26(33)29-22-20(34-4)13-15(2)28-24(22)35-5/h6-13H,1-5H3,(H2,29,30,33). The smallest absolute Gasteiger partial charge is 0.310 e. The Hall–Kier alpha value is -2.94. The van der Waals surface area contributed by atoms with Gasteiger partial charge in [-0.1, -0.05) is 41.4 Å². The van der Waals surface area contributed by atoms with Gasteiger partial charge in [0.15, 0.2) is 0 Å². The molecule has 0 aliphatic heterocycles. The Morgan fingerprint density at radius 1 is 1.00 bits per heavy atom. The number of amides is 2. The molecule has 2 aromatic carbocycles. The summed E-state index contributed by atoms with van der Waals surface area (Å²) < 4.78 is 1.54. The van der Waals surface area contributed by atoms with Crippen LogP contribution in [0, 0.1) is 13.8 Å². The maximum absolute atomic E-state index is 13.5. The molecule has 0 spiro atoms. The van der Waals surface area contributed by atoms with Gasteiger partial charge in [-0.3, -0.25) is 4.79 Å². The summed E-state index contributed by atoms with van der Waals surface area (Å²) in [7, 11) is 1.70. The van der Waals surface area contributed by atoms with Crippen LogP contribution in [0.3, 0.4) is 0 Å². The number of pyridine rings is 2. The minimum atomic E-state index is -0.529. The first-order valence-electron chi connectivity index (χ1n) is 10.8. The molecule has 0 radical (unpaired) electrons. The fraction of sp³-hybridized carbons (Fsp3) is 0.192. The second-order valence-electron chi connectivity index (χ2n) is 8.04. The predicted octanol–water partition coefficient (Wildman–Crippen LogP) is 6.96. The fourth-order valence-corrected chi connectivity index (χ4v) is 5.55. The van der Waals surface area contributed by atoms with E-state index in [0.29, 0.717) is 26.9 Å². The molecule has 2 aromatic heterocycles. The van der Waals surface area contributed by atoms with Crippen molar-refractivity contribution in [3.8, 4) is 11.1 Å². The average molecular weight is 525 g/mol. The molecule has 0 saturated carbocycles. The van der Waals surface area contributed by atoms with Crippen molar-refractivity contribution < 1.29 is 4.79 Å². The number of thioether (sulfide) groups is 2. The minimum absolute atomic E-state index is 0.160. The Bertz CT molecular complexity index is 1490. The van der Waals surface area contributed by atoms with E-state index in [1.807, 2.05) is 68.8 Å². The number of aromatic nitrogens is 2. The molecule has 0 bridgehead atoms. The van der Waals surface area contributed by atoms with Crippen molar-refractivity contribution >= 4 is 63.4 Å². The van der Waals surface area contributed by atoms with Crippen LogP contribution in [0.1, 0.15) is 11.3 Å². The molecule has 180 valence electrons. The molecule has 2 N–H and O–H groups in total. The Labute approximate surface area is 217 Å². The maximum atomic E-state index is 13.5. The van der Waals surface area contributed by atoms with E-state index in [0.717, 1.165) is 27.1 Å². The Kier molecular flexibility index (Phi) is 7.44. The number of nitrogens with zero attached hydrogens (tertiary/aromatic N) is 2. The number of benzene rings is 2. The van der Waals surface area contributed by atoms with Crippen LogP contribution in [-0.4, -0.2) is 28.1 Å². The number of fused-ring (bicyclic) bond motifs is 1. The van der Waals surface area contributed by atoms with Gasteiger partial charge < -0.3 is 15.2 Å². The lowest BCUT2D eigenvalue weighted by molar-refractivity contribution is 0.262. The highest BCUT2D eigenvalue weighted by atomic mass is 35.5. The third kappa shape index (κ3) is 4.91. The molecule has 2 heterocycles. The van der Waals surface area contributed by atoms with Crippen molar-refractivity contribution in [3.63, 3.8) is 0 Å². The van der Waals surface area contributed by atoms with Gasteiger partial charge in [-0.25, -0.2) is 9.78 Å². The van der Waals surface area contributed by atoms with Gasteiger partial charge in [0.2, 0.25) is 0 Å². The zero-order valence-electron chi connectivity index (χ0n) is 20.0. The van der Waals surface area contributed by atoms with Crippen molar-refractivity contribution in [2.45, 2.75) is 23.8 Å². The highest BCUT2D eigenvalue weighted by molar-refractivity contribution is 7.99. The van der Waals surface area contributed by atoms with E-state index in [1.165, 1.54) is 23.5 Å². The lowest BCUT2D eigenvalue weighted by Gasteiger charge is -2.19. The second-order valence-corrected chi connectivity index (χ2v) is 10.1. The zero-order chi connectivity index (χ0) is 25.3. The number of nitrogens with one attached hydrogen (secondary N) is 2. The fourth-order valence-electron chi connectivity index (χ4n) is 4.02. The lowest BCUT2D eigenvalue weighted by Crippen LogP contribution is -2.28. The van der Waals surface area contributed by atoms with Crippen LogP contribution in [0.4, 0.5) is 16.2 Å². The van der Waals surface area contributed by atoms with Crippen LogP contribution in [0.5, 0.6) is 0 Å². The second kappa shape index (κ2) is 10.4. The Morgan fingerprint density at radius 3 is 2.40 bits per heavy atom. The van der Waals surface area contributed by atoms with E-state index < -0.39 is 6.03 Å². The molecular formula is C26H25ClN4O2S2. The third-order valence-electron chi connectivity index (χ3n) is 5.66. The van der Waals surface area contributed by atoms with Crippen LogP contribution in [0.15, 0.2) is 63.2 Å². The first-order valence-corrected chi connectivity index (χ1v) is 13.6. The first kappa shape index (κ1) is 25.2. The monoisotopic (exact) mass is 524 g/mol. The van der Waals surface area contributed by atoms with Gasteiger partial charge in [0.1, 0.15) is 10.7 Å². The summed E-state index contributed by atoms with van der Waals surface area (Å²) in [6, 6.07) is 14.6. The van der Waals surface area contributed by atoms with E-state index in [1.54, 1.807) is 17.7 Å². The van der Waals surface area contributed by atoms with Gasteiger partial charge in [-0.05, 0) is 50.6 Å². The SMILES string of the molecule is CSc1cc(C)nc(SC)c1NC(=O)Nc1c(-c2ccccc2Cl)c2cc(C)ccc2n(C)c1=O. The van der Waals surface area contributed by atoms with Crippen molar-refractivity contribution in [3.05, 3.63) is 75.2 Å². The molecule has 0 aliphatic rings. The quantitative estimate of drug-likeness (QED) is 0.276. The molecule has 0 aliphatic carbocycles. The summed E-state index contributed by atoms with van der Waals surface area (Å²) in [5.74, 6) is 0. The molecule has 35 heavy (non-hydrogen) atoms. The van der Waals surface area contributed by atoms with Crippen molar-refractivity contribution in [1.82, 2.24) is 9.55 Å². The third-order valence-corrected chi connectivity index (χ3v) is 7.44. The normalized spacial score (nSPS) is 11.0. The summed E-state index contributed by atoms with van der Waals surface area (Å²) >= 11 is 9.54. The average Bonchev–Trinajstić information content (AvgIpc) is 2.84. The molecule has 0 fully saturated rings. The molecule has 0 saturated heterocycles. The van der Waals surface area contributed by atoms with E-state index >= 15 is 0 Å². The topological polar surface area (TPSA) is 76.0 Å². The van der Waals surface area contributed by atoms with Gasteiger partial charge >= 0.3 is 6.03 Å². The number of hydrogen-bond acceptors (Lipinski definition) is 5. The van der Waals surface area contributed by atoms with Crippen molar-refractivity contribution in [2.75, 3.05) is 23.1 Å². The van der Waals surface area contributed by atoms with Gasteiger partial charge in [-0.2, -0.15) is 0 Å². The van der Waals surface area contributed by atoms with Gasteiger partial charge in [0, 0.05) is 39.2 Å². The number of halogens is 1. The molecule has 4 aromatic rings. The zero-order valence-corrected chi connectivity index (χ0v) is 22.4. The van der Waals surface area contributed by atoms with Crippen LogP contribution in [-0.2, 0) is 7.05 Å². The number of anilines is 2. The molecule has 0 unspecified atom stereocenters. The number of rotatable bonds is 5. The van der Waals surface area contributed by atoms with Crippen LogP contribution in [0.25, 0.3) is 22.0 Å². The number of hydrogen-bond donors (Lipinski definition) is 2. The number of urea groups is 1. The first-order chi connectivity index (χ1) is 16.7. The Balaban J connectivity index is 1.89. The van der Waals surface area contributed by atoms with Crippen molar-refractivity contribution in [1.29, 1.82) is 0 Å². The summed E-state index contributed by atoms with van der Waals surface area (Å²) in [6.45, 7) is 3.90. The lowest BCUT2D eigenvalue weighted by atomic mass is 9.97. The molecule has 0 atom stereocenters. The number of carbonyl (C=O) groups is 1. The molecule has 4 rings (SSSR count). The van der Waals surface area contributed by atoms with E-state index in [9.17, 15) is 9.59 Å². The highest BCUT2D eigenvalue weighted by Crippen LogP contribution is 2.38. The van der Waals surface area contributed by atoms with E-state index in [-0.39, 0.29) is 11.2 Å². The summed E-state index contributed by atoms with van der Waals surface area (Å²) in [6.07, 6.45) is 3.85. The molecule has 6 nitrogen and oxygen atoms in total. The van der Waals surface area contributed by atoms with Gasteiger partial charge in [0.05, 0.1) is 11.2 Å². The van der Waals surface area contributed by atoms with Gasteiger partial charge in [0.25, 0.3) is 5.56 Å². The van der Waals surface area contributed by atoms with Crippen LogP contribution >= 0.6 is 35.1 Å². The highest BCUT2D eigenvalue weighted by Gasteiger charge is 2.22. The number of carbonyl (C=O) groups excluding carboxylic acids is 1. The molecule has 2 amide bonds.